The Bertz CT molecular complexity index is 1470. The normalized spacial score (nSPS) is 16.7. The number of aliphatic carboxylic acids is 1. The number of allylic oxidation sites excluding steroid dienone is 2. The summed E-state index contributed by atoms with van der Waals surface area (Å²) < 4.78 is 17.0. The van der Waals surface area contributed by atoms with Gasteiger partial charge in [0.15, 0.2) is 0 Å². The standard InChI is InChI=1S/C31H31BrN2O4S/c1-19-9-14-26(16-20(19)2)39(38)34-29-21(3)15-25(32)18-27(29)30(35)33-28(31(36)37)17-22-10-12-24(13-11-22)23-7-5-4-6-8-23/h4-14,16,18,21,28,34H,15,17H2,1-3H3,(H,33,35)(H,36,37). The van der Waals surface area contributed by atoms with Crippen molar-refractivity contribution in [3.8, 4) is 11.1 Å². The van der Waals surface area contributed by atoms with Crippen molar-refractivity contribution in [1.29, 1.82) is 0 Å². The number of hydrogen-bond donors (Lipinski definition) is 3. The van der Waals surface area contributed by atoms with Crippen molar-refractivity contribution in [1.82, 2.24) is 10.0 Å². The lowest BCUT2D eigenvalue weighted by atomic mass is 9.93. The third-order valence-corrected chi connectivity index (χ3v) is 8.47. The van der Waals surface area contributed by atoms with Crippen LogP contribution in [0.2, 0.25) is 0 Å². The highest BCUT2D eigenvalue weighted by Gasteiger charge is 2.28. The first-order valence-corrected chi connectivity index (χ1v) is 14.6. The van der Waals surface area contributed by atoms with Crippen LogP contribution in [0.4, 0.5) is 0 Å². The SMILES string of the molecule is Cc1ccc(S(=O)NC2=C(C(=O)NC(Cc3ccc(-c4ccccc4)cc3)C(=O)O)C=C(Br)CC2C)cc1C. The minimum Gasteiger partial charge on any atom is -0.480 e. The topological polar surface area (TPSA) is 95.5 Å². The minimum atomic E-state index is -1.59. The molecule has 4 rings (SSSR count). The van der Waals surface area contributed by atoms with Gasteiger partial charge in [0.2, 0.25) is 0 Å². The highest BCUT2D eigenvalue weighted by atomic mass is 79.9. The summed E-state index contributed by atoms with van der Waals surface area (Å²) in [4.78, 5) is 26.2. The second-order valence-corrected chi connectivity index (χ2v) is 12.0. The number of rotatable bonds is 9. The van der Waals surface area contributed by atoms with Crippen molar-refractivity contribution in [3.05, 3.63) is 111 Å². The lowest BCUT2D eigenvalue weighted by Crippen LogP contribution is -2.44. The van der Waals surface area contributed by atoms with Gasteiger partial charge in [-0.2, -0.15) is 0 Å². The zero-order valence-electron chi connectivity index (χ0n) is 22.0. The molecule has 3 unspecified atom stereocenters. The van der Waals surface area contributed by atoms with Gasteiger partial charge in [-0.05, 0) is 70.8 Å². The molecule has 0 saturated carbocycles. The van der Waals surface area contributed by atoms with Gasteiger partial charge in [0.1, 0.15) is 17.0 Å². The van der Waals surface area contributed by atoms with Crippen LogP contribution in [0, 0.1) is 19.8 Å². The Morgan fingerprint density at radius 3 is 2.31 bits per heavy atom. The number of hydrogen-bond acceptors (Lipinski definition) is 3. The zero-order valence-corrected chi connectivity index (χ0v) is 24.4. The maximum atomic E-state index is 13.4. The van der Waals surface area contributed by atoms with E-state index in [0.717, 1.165) is 32.3 Å². The number of benzene rings is 3. The summed E-state index contributed by atoms with van der Waals surface area (Å²) >= 11 is 3.50. The Labute approximate surface area is 239 Å². The summed E-state index contributed by atoms with van der Waals surface area (Å²) in [5.41, 5.74) is 5.80. The van der Waals surface area contributed by atoms with Crippen molar-refractivity contribution in [2.75, 3.05) is 0 Å². The number of aryl methyl sites for hydroxylation is 2. The van der Waals surface area contributed by atoms with Crippen LogP contribution < -0.4 is 10.0 Å². The number of carboxylic acids is 1. The van der Waals surface area contributed by atoms with Crippen molar-refractivity contribution >= 4 is 38.8 Å². The largest absolute Gasteiger partial charge is 0.480 e. The molecule has 0 bridgehead atoms. The van der Waals surface area contributed by atoms with Gasteiger partial charge in [-0.25, -0.2) is 9.00 Å². The fraction of sp³-hybridized carbons (Fsp3) is 0.226. The first-order chi connectivity index (χ1) is 18.6. The molecule has 0 saturated heterocycles. The maximum Gasteiger partial charge on any atom is 0.326 e. The summed E-state index contributed by atoms with van der Waals surface area (Å²) in [6, 6.07) is 22.0. The molecule has 3 atom stereocenters. The van der Waals surface area contributed by atoms with Crippen LogP contribution >= 0.6 is 15.9 Å². The third-order valence-electron chi connectivity index (χ3n) is 6.83. The third kappa shape index (κ3) is 7.13. The number of halogens is 1. The van der Waals surface area contributed by atoms with Gasteiger partial charge in [-0.15, -0.1) is 0 Å². The minimum absolute atomic E-state index is 0.126. The number of carbonyl (C=O) groups is 2. The molecule has 0 aromatic heterocycles. The second-order valence-electron chi connectivity index (χ2n) is 9.77. The lowest BCUT2D eigenvalue weighted by molar-refractivity contribution is -0.141. The first kappa shape index (κ1) is 28.5. The average molecular weight is 608 g/mol. The van der Waals surface area contributed by atoms with E-state index < -0.39 is 28.9 Å². The lowest BCUT2D eigenvalue weighted by Gasteiger charge is -2.25. The number of carboxylic acid groups (broad SMARTS) is 1. The van der Waals surface area contributed by atoms with E-state index >= 15 is 0 Å². The predicted octanol–water partition coefficient (Wildman–Crippen LogP) is 5.97. The van der Waals surface area contributed by atoms with E-state index in [2.05, 4.69) is 26.0 Å². The molecule has 8 heteroatoms. The quantitative estimate of drug-likeness (QED) is 0.280. The average Bonchev–Trinajstić information content (AvgIpc) is 2.91. The molecule has 0 radical (unpaired) electrons. The highest BCUT2D eigenvalue weighted by molar-refractivity contribution is 9.11. The van der Waals surface area contributed by atoms with Crippen LogP contribution in [0.25, 0.3) is 11.1 Å². The fourth-order valence-corrected chi connectivity index (χ4v) is 6.24. The fourth-order valence-electron chi connectivity index (χ4n) is 4.42. The molecule has 3 aromatic rings. The van der Waals surface area contributed by atoms with Crippen LogP contribution in [0.5, 0.6) is 0 Å². The molecule has 1 amide bonds. The van der Waals surface area contributed by atoms with Gasteiger partial charge in [0.05, 0.1) is 10.5 Å². The van der Waals surface area contributed by atoms with Crippen LogP contribution in [-0.4, -0.2) is 27.2 Å². The van der Waals surface area contributed by atoms with Crippen molar-refractivity contribution in [2.24, 2.45) is 5.92 Å². The summed E-state index contributed by atoms with van der Waals surface area (Å²) in [6.07, 6.45) is 2.42. The first-order valence-electron chi connectivity index (χ1n) is 12.7. The maximum absolute atomic E-state index is 13.4. The molecule has 6 nitrogen and oxygen atoms in total. The summed E-state index contributed by atoms with van der Waals surface area (Å²) in [6.45, 7) is 5.88. The van der Waals surface area contributed by atoms with E-state index in [1.165, 1.54) is 0 Å². The van der Waals surface area contributed by atoms with Gasteiger partial charge in [0, 0.05) is 18.0 Å². The van der Waals surface area contributed by atoms with E-state index in [1.807, 2.05) is 87.5 Å². The summed E-state index contributed by atoms with van der Waals surface area (Å²) in [7, 11) is -1.59. The molecule has 1 aliphatic rings. The zero-order chi connectivity index (χ0) is 28.1. The molecular formula is C31H31BrN2O4S. The van der Waals surface area contributed by atoms with Crippen LogP contribution in [0.1, 0.15) is 30.0 Å². The number of carbonyl (C=O) groups excluding carboxylic acids is 1. The second kappa shape index (κ2) is 12.6. The molecule has 3 N–H and O–H groups in total. The van der Waals surface area contributed by atoms with Crippen molar-refractivity contribution in [3.63, 3.8) is 0 Å². The molecule has 3 aromatic carbocycles. The van der Waals surface area contributed by atoms with Crippen LogP contribution in [-0.2, 0) is 27.0 Å². The Morgan fingerprint density at radius 1 is 1.00 bits per heavy atom. The van der Waals surface area contributed by atoms with Crippen molar-refractivity contribution < 1.29 is 18.9 Å². The van der Waals surface area contributed by atoms with Gasteiger partial charge < -0.3 is 15.1 Å². The van der Waals surface area contributed by atoms with E-state index in [0.29, 0.717) is 17.0 Å². The van der Waals surface area contributed by atoms with E-state index in [9.17, 15) is 18.9 Å². The molecule has 39 heavy (non-hydrogen) atoms. The number of amides is 1. The van der Waals surface area contributed by atoms with E-state index in [1.54, 1.807) is 12.1 Å². The predicted molar refractivity (Wildman–Crippen MR) is 158 cm³/mol. The Hall–Kier alpha value is -3.49. The van der Waals surface area contributed by atoms with Gasteiger partial charge in [-0.3, -0.25) is 4.79 Å². The van der Waals surface area contributed by atoms with E-state index in [4.69, 9.17) is 0 Å². The van der Waals surface area contributed by atoms with Gasteiger partial charge >= 0.3 is 5.97 Å². The molecule has 1 aliphatic carbocycles. The Morgan fingerprint density at radius 2 is 1.67 bits per heavy atom. The Kier molecular flexibility index (Phi) is 9.20. The van der Waals surface area contributed by atoms with E-state index in [-0.39, 0.29) is 17.9 Å². The summed E-state index contributed by atoms with van der Waals surface area (Å²) in [5.74, 6) is -1.79. The van der Waals surface area contributed by atoms with Gasteiger partial charge in [0.25, 0.3) is 5.91 Å². The highest BCUT2D eigenvalue weighted by Crippen LogP contribution is 2.32. The van der Waals surface area contributed by atoms with Crippen LogP contribution in [0.15, 0.2) is 99.5 Å². The molecule has 0 fully saturated rings. The molecule has 0 heterocycles. The number of nitrogens with one attached hydrogen (secondary N) is 2. The van der Waals surface area contributed by atoms with Crippen LogP contribution in [0.3, 0.4) is 0 Å². The molecule has 0 aliphatic heterocycles. The van der Waals surface area contributed by atoms with Gasteiger partial charge in [-0.1, -0.05) is 83.5 Å². The molecular weight excluding hydrogens is 576 g/mol. The smallest absolute Gasteiger partial charge is 0.326 e. The molecule has 0 spiro atoms. The summed E-state index contributed by atoms with van der Waals surface area (Å²) in [5, 5.41) is 12.6. The molecule has 202 valence electrons. The Balaban J connectivity index is 1.54. The van der Waals surface area contributed by atoms with Crippen molar-refractivity contribution in [2.45, 2.75) is 44.6 Å². The monoisotopic (exact) mass is 606 g/mol.